The number of pyridine rings is 2. The first-order chi connectivity index (χ1) is 16.4. The van der Waals surface area contributed by atoms with Crippen LogP contribution in [-0.4, -0.2) is 68.7 Å². The van der Waals surface area contributed by atoms with Gasteiger partial charge < -0.3 is 14.5 Å². The highest BCUT2D eigenvalue weighted by atomic mass is 19.3. The molecule has 0 aromatic carbocycles. The van der Waals surface area contributed by atoms with E-state index in [0.29, 0.717) is 30.2 Å². The molecule has 180 valence electrons. The Kier molecular flexibility index (Phi) is 5.80. The lowest BCUT2D eigenvalue weighted by molar-refractivity contribution is -0.0494. The number of carbonyl (C=O) groups is 1. The van der Waals surface area contributed by atoms with Crippen molar-refractivity contribution in [1.82, 2.24) is 24.1 Å². The second-order valence-corrected chi connectivity index (χ2v) is 8.77. The number of carbonyl (C=O) groups excluding carboxylic acids is 1. The van der Waals surface area contributed by atoms with Crippen LogP contribution in [0.5, 0.6) is 0 Å². The number of ether oxygens (including phenoxy) is 1. The number of halogens is 2. The molecule has 0 unspecified atom stereocenters. The van der Waals surface area contributed by atoms with Crippen molar-refractivity contribution in [3.8, 4) is 0 Å². The molecule has 1 amide bonds. The molecule has 2 fully saturated rings. The summed E-state index contributed by atoms with van der Waals surface area (Å²) in [6.07, 6.45) is 4.58. The van der Waals surface area contributed by atoms with Gasteiger partial charge in [-0.15, -0.1) is 5.10 Å². The van der Waals surface area contributed by atoms with Crippen LogP contribution < -0.4 is 10.6 Å². The minimum Gasteiger partial charge on any atom is -0.383 e. The molecular formula is C23H26F2N6O3. The van der Waals surface area contributed by atoms with Gasteiger partial charge in [0.05, 0.1) is 18.7 Å². The number of nitrogens with zero attached hydrogens (tertiary/aromatic N) is 6. The number of anilines is 2. The fraction of sp³-hybridized carbons (Fsp3) is 0.478. The molecule has 9 nitrogen and oxygen atoms in total. The average Bonchev–Trinajstić information content (AvgIpc) is 3.61. The van der Waals surface area contributed by atoms with Crippen molar-refractivity contribution in [2.45, 2.75) is 44.2 Å². The topological polar surface area (TPSA) is 85.0 Å². The van der Waals surface area contributed by atoms with Crippen LogP contribution in [0.2, 0.25) is 0 Å². The van der Waals surface area contributed by atoms with Crippen molar-refractivity contribution >= 4 is 23.1 Å². The molecule has 1 saturated carbocycles. The van der Waals surface area contributed by atoms with E-state index in [1.165, 1.54) is 20.2 Å². The molecule has 1 aliphatic carbocycles. The molecule has 1 aliphatic heterocycles. The molecule has 4 heterocycles. The summed E-state index contributed by atoms with van der Waals surface area (Å²) in [6.45, 7) is 0.834. The summed E-state index contributed by atoms with van der Waals surface area (Å²) in [6, 6.07) is 7.43. The Morgan fingerprint density at radius 3 is 2.65 bits per heavy atom. The number of hydrogen-bond acceptors (Lipinski definition) is 6. The Labute approximate surface area is 194 Å². The number of piperidine rings is 1. The van der Waals surface area contributed by atoms with E-state index >= 15 is 0 Å². The Bertz CT molecular complexity index is 1240. The second-order valence-electron chi connectivity index (χ2n) is 8.77. The minimum absolute atomic E-state index is 0.0399. The van der Waals surface area contributed by atoms with Crippen molar-refractivity contribution in [2.24, 2.45) is 0 Å². The molecule has 0 atom stereocenters. The Morgan fingerprint density at radius 1 is 1.24 bits per heavy atom. The van der Waals surface area contributed by atoms with E-state index < -0.39 is 5.92 Å². The number of rotatable bonds is 7. The van der Waals surface area contributed by atoms with E-state index in [1.807, 2.05) is 12.1 Å². The summed E-state index contributed by atoms with van der Waals surface area (Å²) in [5.41, 5.74) is 1.53. The standard InChI is InChI=1S/C23H26F2N6O3/c1-34-13-12-30-22(33)29-9-6-18(14-20(29)27-30)31(17-3-4-17)19-5-2-16(15-26-19)21(32)28-10-7-23(24,25)8-11-28/h2,5-6,9,14-15,17H,3-4,7-8,10-13H2,1H3. The number of alkyl halides is 2. The Hall–Kier alpha value is -3.34. The molecule has 34 heavy (non-hydrogen) atoms. The van der Waals surface area contributed by atoms with E-state index in [2.05, 4.69) is 15.0 Å². The fourth-order valence-corrected chi connectivity index (χ4v) is 4.22. The average molecular weight is 472 g/mol. The predicted molar refractivity (Wildman–Crippen MR) is 121 cm³/mol. The third-order valence-corrected chi connectivity index (χ3v) is 6.29. The molecule has 3 aromatic heterocycles. The predicted octanol–water partition coefficient (Wildman–Crippen LogP) is 2.71. The number of methoxy groups -OCH3 is 1. The van der Waals surface area contributed by atoms with Gasteiger partial charge in [0.1, 0.15) is 5.82 Å². The van der Waals surface area contributed by atoms with Gasteiger partial charge in [-0.1, -0.05) is 0 Å². The number of amides is 1. The van der Waals surface area contributed by atoms with Crippen LogP contribution in [0.15, 0.2) is 41.5 Å². The third kappa shape index (κ3) is 4.39. The SMILES string of the molecule is COCCn1nc2cc(N(c3ccc(C(=O)N4CCC(F)(F)CC4)cn3)C3CC3)ccn2c1=O. The maximum Gasteiger partial charge on any atom is 0.350 e. The highest BCUT2D eigenvalue weighted by Crippen LogP contribution is 2.37. The first-order valence-electron chi connectivity index (χ1n) is 11.4. The maximum absolute atomic E-state index is 13.4. The van der Waals surface area contributed by atoms with Crippen molar-refractivity contribution in [3.05, 3.63) is 52.7 Å². The molecule has 0 N–H and O–H groups in total. The van der Waals surface area contributed by atoms with Gasteiger partial charge in [0.15, 0.2) is 5.65 Å². The van der Waals surface area contributed by atoms with Crippen LogP contribution in [-0.2, 0) is 11.3 Å². The molecule has 0 spiro atoms. The molecular weight excluding hydrogens is 446 g/mol. The van der Waals surface area contributed by atoms with Gasteiger partial charge in [-0.3, -0.25) is 9.20 Å². The van der Waals surface area contributed by atoms with E-state index in [1.54, 1.807) is 25.4 Å². The van der Waals surface area contributed by atoms with Gasteiger partial charge in [0, 0.05) is 63.2 Å². The van der Waals surface area contributed by atoms with E-state index in [4.69, 9.17) is 4.74 Å². The Morgan fingerprint density at radius 2 is 2.00 bits per heavy atom. The number of aromatic nitrogens is 4. The molecule has 0 radical (unpaired) electrons. The highest BCUT2D eigenvalue weighted by Gasteiger charge is 2.36. The summed E-state index contributed by atoms with van der Waals surface area (Å²) in [5, 5.41) is 4.40. The van der Waals surface area contributed by atoms with Crippen LogP contribution in [0.4, 0.5) is 20.3 Å². The largest absolute Gasteiger partial charge is 0.383 e. The maximum atomic E-state index is 13.4. The minimum atomic E-state index is -2.70. The van der Waals surface area contributed by atoms with Crippen LogP contribution >= 0.6 is 0 Å². The Balaban J connectivity index is 1.38. The fourth-order valence-electron chi connectivity index (χ4n) is 4.22. The number of fused-ring (bicyclic) bond motifs is 1. The molecule has 1 saturated heterocycles. The zero-order valence-electron chi connectivity index (χ0n) is 18.9. The van der Waals surface area contributed by atoms with E-state index in [0.717, 1.165) is 18.5 Å². The van der Waals surface area contributed by atoms with E-state index in [9.17, 15) is 18.4 Å². The van der Waals surface area contributed by atoms with Crippen LogP contribution in [0.25, 0.3) is 5.65 Å². The smallest absolute Gasteiger partial charge is 0.350 e. The van der Waals surface area contributed by atoms with Gasteiger partial charge in [0.2, 0.25) is 0 Å². The zero-order valence-corrected chi connectivity index (χ0v) is 18.9. The van der Waals surface area contributed by atoms with Crippen molar-refractivity contribution in [3.63, 3.8) is 0 Å². The molecule has 2 aliphatic rings. The summed E-state index contributed by atoms with van der Waals surface area (Å²) in [4.78, 5) is 33.3. The van der Waals surface area contributed by atoms with Crippen LogP contribution in [0.1, 0.15) is 36.0 Å². The quantitative estimate of drug-likeness (QED) is 0.526. The van der Waals surface area contributed by atoms with Crippen LogP contribution in [0, 0.1) is 0 Å². The lowest BCUT2D eigenvalue weighted by Gasteiger charge is -2.31. The first kappa shape index (κ1) is 22.5. The monoisotopic (exact) mass is 472 g/mol. The molecule has 5 rings (SSSR count). The van der Waals surface area contributed by atoms with Gasteiger partial charge >= 0.3 is 5.69 Å². The summed E-state index contributed by atoms with van der Waals surface area (Å²) >= 11 is 0. The lowest BCUT2D eigenvalue weighted by Crippen LogP contribution is -2.42. The third-order valence-electron chi connectivity index (χ3n) is 6.29. The van der Waals surface area contributed by atoms with Gasteiger partial charge in [-0.25, -0.2) is 23.2 Å². The lowest BCUT2D eigenvalue weighted by atomic mass is 10.1. The van der Waals surface area contributed by atoms with Gasteiger partial charge in [0.25, 0.3) is 11.8 Å². The van der Waals surface area contributed by atoms with Gasteiger partial charge in [-0.05, 0) is 31.0 Å². The zero-order chi connectivity index (χ0) is 23.9. The highest BCUT2D eigenvalue weighted by molar-refractivity contribution is 5.94. The second kappa shape index (κ2) is 8.79. The number of likely N-dealkylation sites (tertiary alicyclic amines) is 1. The van der Waals surface area contributed by atoms with Crippen molar-refractivity contribution < 1.29 is 18.3 Å². The first-order valence-corrected chi connectivity index (χ1v) is 11.4. The molecule has 11 heteroatoms. The van der Waals surface area contributed by atoms with Crippen LogP contribution in [0.3, 0.4) is 0 Å². The summed E-state index contributed by atoms with van der Waals surface area (Å²) in [7, 11) is 1.57. The van der Waals surface area contributed by atoms with Crippen molar-refractivity contribution in [1.29, 1.82) is 0 Å². The van der Waals surface area contributed by atoms with E-state index in [-0.39, 0.29) is 43.6 Å². The summed E-state index contributed by atoms with van der Waals surface area (Å²) < 4.78 is 34.7. The van der Waals surface area contributed by atoms with Gasteiger partial charge in [-0.2, -0.15) is 0 Å². The normalized spacial score (nSPS) is 17.8. The molecule has 0 bridgehead atoms. The molecule has 3 aromatic rings. The van der Waals surface area contributed by atoms with Crippen molar-refractivity contribution in [2.75, 3.05) is 31.7 Å². The summed E-state index contributed by atoms with van der Waals surface area (Å²) in [5.74, 6) is -2.31. The number of hydrogen-bond donors (Lipinski definition) is 0.